The molecule has 1 aliphatic rings. The van der Waals surface area contributed by atoms with E-state index in [0.29, 0.717) is 36.2 Å². The molecule has 2 amide bonds. The third-order valence-corrected chi connectivity index (χ3v) is 4.08. The molecule has 1 aromatic carbocycles. The molecule has 2 rings (SSSR count). The molecule has 7 heteroatoms. The first-order valence-electron chi connectivity index (χ1n) is 8.79. The molecule has 0 aromatic heterocycles. The van der Waals surface area contributed by atoms with Crippen molar-refractivity contribution in [1.29, 1.82) is 0 Å². The van der Waals surface area contributed by atoms with Crippen LogP contribution >= 0.6 is 11.6 Å². The van der Waals surface area contributed by atoms with E-state index in [-0.39, 0.29) is 17.7 Å². The maximum atomic E-state index is 11.9. The number of ether oxygens (including phenoxy) is 2. The Labute approximate surface area is 158 Å². The van der Waals surface area contributed by atoms with E-state index in [1.54, 1.807) is 25.3 Å². The molecular weight excluding hydrogens is 356 g/mol. The maximum Gasteiger partial charge on any atom is 0.244 e. The molecule has 2 N–H and O–H groups in total. The average molecular weight is 381 g/mol. The number of carbonyl (C=O) groups excluding carboxylic acids is 2. The molecule has 0 radical (unpaired) electrons. The van der Waals surface area contributed by atoms with Crippen molar-refractivity contribution in [2.24, 2.45) is 5.92 Å². The lowest BCUT2D eigenvalue weighted by atomic mass is 10.2. The van der Waals surface area contributed by atoms with Crippen LogP contribution in [0.5, 0.6) is 11.5 Å². The van der Waals surface area contributed by atoms with Crippen molar-refractivity contribution in [3.05, 3.63) is 28.8 Å². The molecule has 1 aliphatic carbocycles. The van der Waals surface area contributed by atoms with Crippen molar-refractivity contribution >= 4 is 29.5 Å². The highest BCUT2D eigenvalue weighted by Crippen LogP contribution is 2.36. The second kappa shape index (κ2) is 10.1. The summed E-state index contributed by atoms with van der Waals surface area (Å²) in [6.45, 7) is 3.37. The van der Waals surface area contributed by atoms with Crippen molar-refractivity contribution in [3.63, 3.8) is 0 Å². The number of amides is 2. The Hall–Kier alpha value is -2.21. The van der Waals surface area contributed by atoms with Gasteiger partial charge in [0.2, 0.25) is 11.8 Å². The number of nitrogens with one attached hydrogen (secondary N) is 2. The monoisotopic (exact) mass is 380 g/mol. The quantitative estimate of drug-likeness (QED) is 0.483. The van der Waals surface area contributed by atoms with E-state index in [1.165, 1.54) is 6.08 Å². The van der Waals surface area contributed by atoms with Crippen molar-refractivity contribution in [2.75, 3.05) is 26.8 Å². The third kappa shape index (κ3) is 6.26. The molecule has 1 saturated carbocycles. The van der Waals surface area contributed by atoms with Gasteiger partial charge in [-0.2, -0.15) is 0 Å². The summed E-state index contributed by atoms with van der Waals surface area (Å²) in [7, 11) is 1.54. The molecular formula is C19H25ClN2O4. The summed E-state index contributed by atoms with van der Waals surface area (Å²) in [5.41, 5.74) is 0.730. The topological polar surface area (TPSA) is 76.7 Å². The zero-order chi connectivity index (χ0) is 18.9. The summed E-state index contributed by atoms with van der Waals surface area (Å²) in [5, 5.41) is 5.95. The van der Waals surface area contributed by atoms with Gasteiger partial charge in [0.25, 0.3) is 0 Å². The molecule has 0 aliphatic heterocycles. The third-order valence-electron chi connectivity index (χ3n) is 3.80. The van der Waals surface area contributed by atoms with Crippen LogP contribution in [0.4, 0.5) is 0 Å². The molecule has 1 aromatic rings. The zero-order valence-electron chi connectivity index (χ0n) is 15.1. The minimum Gasteiger partial charge on any atom is -0.493 e. The van der Waals surface area contributed by atoms with E-state index in [9.17, 15) is 9.59 Å². The Morgan fingerprint density at radius 1 is 1.27 bits per heavy atom. The van der Waals surface area contributed by atoms with Gasteiger partial charge in [-0.3, -0.25) is 9.59 Å². The second-order valence-electron chi connectivity index (χ2n) is 6.07. The Morgan fingerprint density at radius 3 is 2.65 bits per heavy atom. The molecule has 0 unspecified atom stereocenters. The fourth-order valence-corrected chi connectivity index (χ4v) is 2.55. The molecule has 0 bridgehead atoms. The van der Waals surface area contributed by atoms with Gasteiger partial charge in [0.05, 0.1) is 18.7 Å². The predicted molar refractivity (Wildman–Crippen MR) is 102 cm³/mol. The van der Waals surface area contributed by atoms with Crippen molar-refractivity contribution in [1.82, 2.24) is 10.6 Å². The SMILES string of the molecule is CCCOc1c(Cl)cc(C=CC(=O)NCCNC(=O)C2CC2)cc1OC. The minimum atomic E-state index is -0.243. The largest absolute Gasteiger partial charge is 0.493 e. The highest BCUT2D eigenvalue weighted by atomic mass is 35.5. The van der Waals surface area contributed by atoms with Crippen molar-refractivity contribution in [3.8, 4) is 11.5 Å². The fourth-order valence-electron chi connectivity index (χ4n) is 2.27. The Kier molecular flexibility index (Phi) is 7.78. The van der Waals surface area contributed by atoms with E-state index >= 15 is 0 Å². The van der Waals surface area contributed by atoms with Gasteiger partial charge < -0.3 is 20.1 Å². The van der Waals surface area contributed by atoms with E-state index in [0.717, 1.165) is 24.8 Å². The lowest BCUT2D eigenvalue weighted by molar-refractivity contribution is -0.122. The van der Waals surface area contributed by atoms with Crippen LogP contribution in [0.2, 0.25) is 5.02 Å². The number of benzene rings is 1. The van der Waals surface area contributed by atoms with Crippen LogP contribution < -0.4 is 20.1 Å². The van der Waals surface area contributed by atoms with E-state index in [2.05, 4.69) is 10.6 Å². The summed E-state index contributed by atoms with van der Waals surface area (Å²) in [6.07, 6.45) is 5.86. The van der Waals surface area contributed by atoms with E-state index in [4.69, 9.17) is 21.1 Å². The number of methoxy groups -OCH3 is 1. The Balaban J connectivity index is 1.84. The number of hydrogen-bond acceptors (Lipinski definition) is 4. The van der Waals surface area contributed by atoms with Crippen LogP contribution in [-0.2, 0) is 9.59 Å². The first-order chi connectivity index (χ1) is 12.5. The molecule has 0 atom stereocenters. The summed E-state index contributed by atoms with van der Waals surface area (Å²) < 4.78 is 10.9. The lowest BCUT2D eigenvalue weighted by Crippen LogP contribution is -2.34. The summed E-state index contributed by atoms with van der Waals surface area (Å²) in [5.74, 6) is 1.03. The first-order valence-corrected chi connectivity index (χ1v) is 9.17. The van der Waals surface area contributed by atoms with Gasteiger partial charge in [0, 0.05) is 25.1 Å². The van der Waals surface area contributed by atoms with Gasteiger partial charge in [0.1, 0.15) is 0 Å². The highest BCUT2D eigenvalue weighted by molar-refractivity contribution is 6.32. The van der Waals surface area contributed by atoms with Crippen LogP contribution in [0.15, 0.2) is 18.2 Å². The average Bonchev–Trinajstić information content (AvgIpc) is 3.47. The Morgan fingerprint density at radius 2 is 2.00 bits per heavy atom. The Bertz CT molecular complexity index is 672. The van der Waals surface area contributed by atoms with Crippen LogP contribution in [0, 0.1) is 5.92 Å². The van der Waals surface area contributed by atoms with Gasteiger partial charge in [0.15, 0.2) is 11.5 Å². The summed E-state index contributed by atoms with van der Waals surface area (Å²) >= 11 is 6.25. The van der Waals surface area contributed by atoms with Crippen LogP contribution in [0.25, 0.3) is 6.08 Å². The van der Waals surface area contributed by atoms with Crippen LogP contribution in [0.3, 0.4) is 0 Å². The number of hydrogen-bond donors (Lipinski definition) is 2. The molecule has 1 fully saturated rings. The standard InChI is InChI=1S/C19H25ClN2O4/c1-3-10-26-18-15(20)11-13(12-16(18)25-2)4-7-17(23)21-8-9-22-19(24)14-5-6-14/h4,7,11-12,14H,3,5-6,8-10H2,1-2H3,(H,21,23)(H,22,24). The molecule has 0 heterocycles. The molecule has 0 saturated heterocycles. The van der Waals surface area contributed by atoms with Gasteiger partial charge >= 0.3 is 0 Å². The van der Waals surface area contributed by atoms with Crippen LogP contribution in [-0.4, -0.2) is 38.6 Å². The molecule has 26 heavy (non-hydrogen) atoms. The van der Waals surface area contributed by atoms with Gasteiger partial charge in [-0.1, -0.05) is 18.5 Å². The molecule has 142 valence electrons. The van der Waals surface area contributed by atoms with E-state index < -0.39 is 0 Å². The lowest BCUT2D eigenvalue weighted by Gasteiger charge is -2.12. The minimum absolute atomic E-state index is 0.0712. The first kappa shape index (κ1) is 20.1. The summed E-state index contributed by atoms with van der Waals surface area (Å²) in [6, 6.07) is 3.48. The van der Waals surface area contributed by atoms with Gasteiger partial charge in [-0.25, -0.2) is 0 Å². The molecule has 0 spiro atoms. The second-order valence-corrected chi connectivity index (χ2v) is 6.48. The normalized spacial score (nSPS) is 13.5. The zero-order valence-corrected chi connectivity index (χ0v) is 15.9. The predicted octanol–water partition coefficient (Wildman–Crippen LogP) is 2.79. The number of halogens is 1. The van der Waals surface area contributed by atoms with E-state index in [1.807, 2.05) is 6.92 Å². The number of carbonyl (C=O) groups is 2. The fraction of sp³-hybridized carbons (Fsp3) is 0.474. The number of rotatable bonds is 10. The highest BCUT2D eigenvalue weighted by Gasteiger charge is 2.28. The van der Waals surface area contributed by atoms with Gasteiger partial charge in [-0.15, -0.1) is 0 Å². The maximum absolute atomic E-state index is 11.9. The molecule has 6 nitrogen and oxygen atoms in total. The van der Waals surface area contributed by atoms with Crippen molar-refractivity contribution < 1.29 is 19.1 Å². The smallest absolute Gasteiger partial charge is 0.244 e. The van der Waals surface area contributed by atoms with Crippen LogP contribution in [0.1, 0.15) is 31.7 Å². The summed E-state index contributed by atoms with van der Waals surface area (Å²) in [4.78, 5) is 23.3. The van der Waals surface area contributed by atoms with Gasteiger partial charge in [-0.05, 0) is 43.0 Å². The van der Waals surface area contributed by atoms with Crippen molar-refractivity contribution in [2.45, 2.75) is 26.2 Å².